The molecular weight excluding hydrogens is 163 g/mol. The van der Waals surface area contributed by atoms with Gasteiger partial charge in [-0.1, -0.05) is 0 Å². The molecule has 0 aromatic carbocycles. The van der Waals surface area contributed by atoms with E-state index in [-0.39, 0.29) is 5.60 Å². The fraction of sp³-hybridized carbons (Fsp3) is 1.00. The van der Waals surface area contributed by atoms with Crippen molar-refractivity contribution >= 4 is 33.7 Å². The van der Waals surface area contributed by atoms with Crippen molar-refractivity contribution in [2.75, 3.05) is 0 Å². The third-order valence-electron chi connectivity index (χ3n) is 1.05. The molecule has 0 fully saturated rings. The number of alkyl halides is 2. The quantitative estimate of drug-likeness (QED) is 0.444. The van der Waals surface area contributed by atoms with Crippen LogP contribution >= 0.6 is 23.2 Å². The van der Waals surface area contributed by atoms with Gasteiger partial charge >= 0.3 is 0 Å². The largest absolute Gasteiger partial charge is 0.420 e. The molecule has 0 saturated heterocycles. The summed E-state index contributed by atoms with van der Waals surface area (Å²) < 4.78 is 5.07. The molecule has 1 nitrogen and oxygen atoms in total. The van der Waals surface area contributed by atoms with Crippen LogP contribution in [0.5, 0.6) is 0 Å². The van der Waals surface area contributed by atoms with Gasteiger partial charge in [0.2, 0.25) is 0 Å². The predicted octanol–water partition coefficient (Wildman–Crippen LogP) is 0.866. The molecule has 0 unspecified atom stereocenters. The summed E-state index contributed by atoms with van der Waals surface area (Å²) in [5, 5.41) is 0. The zero-order valence-electron chi connectivity index (χ0n) is 5.24. The Bertz CT molecular complexity index is 74.4. The second-order valence-corrected chi connectivity index (χ2v) is 3.61. The van der Waals surface area contributed by atoms with E-state index < -0.39 is 4.84 Å². The smallest absolute Gasteiger partial charge is 0.146 e. The lowest BCUT2D eigenvalue weighted by molar-refractivity contribution is 0.140. The second-order valence-electron chi connectivity index (χ2n) is 2.11. The molecule has 0 aliphatic carbocycles. The Morgan fingerprint density at radius 1 is 1.50 bits per heavy atom. The van der Waals surface area contributed by atoms with Gasteiger partial charge in [0.1, 0.15) is 15.3 Å². The molecule has 0 radical (unpaired) electrons. The minimum atomic E-state index is -0.431. The molecular formula is C4H10Cl2OSi. The number of halogens is 2. The summed E-state index contributed by atoms with van der Waals surface area (Å²) in [5.74, 6) is 0. The SMILES string of the molecule is CC(C)(O[SiH3])C(Cl)Cl. The third-order valence-corrected chi connectivity index (χ3v) is 3.15. The van der Waals surface area contributed by atoms with Gasteiger partial charge in [-0.25, -0.2) is 0 Å². The van der Waals surface area contributed by atoms with Gasteiger partial charge in [0, 0.05) is 0 Å². The molecule has 50 valence electrons. The van der Waals surface area contributed by atoms with Crippen molar-refractivity contribution in [3.8, 4) is 0 Å². The minimum Gasteiger partial charge on any atom is -0.420 e. The first-order valence-electron chi connectivity index (χ1n) is 2.34. The molecule has 8 heavy (non-hydrogen) atoms. The molecule has 0 N–H and O–H groups in total. The van der Waals surface area contributed by atoms with Gasteiger partial charge in [-0.2, -0.15) is 0 Å². The number of rotatable bonds is 2. The molecule has 0 saturated carbocycles. The van der Waals surface area contributed by atoms with Crippen LogP contribution in [0.15, 0.2) is 0 Å². The molecule has 0 aliphatic heterocycles. The van der Waals surface area contributed by atoms with Crippen LogP contribution in [0.4, 0.5) is 0 Å². The summed E-state index contributed by atoms with van der Waals surface area (Å²) in [6.07, 6.45) is 0. The summed E-state index contributed by atoms with van der Waals surface area (Å²) >= 11 is 11.1. The highest BCUT2D eigenvalue weighted by Gasteiger charge is 2.23. The summed E-state index contributed by atoms with van der Waals surface area (Å²) in [7, 11) is 0.676. The van der Waals surface area contributed by atoms with E-state index >= 15 is 0 Å². The average Bonchev–Trinajstić information content (AvgIpc) is 1.67. The van der Waals surface area contributed by atoms with Crippen molar-refractivity contribution in [3.63, 3.8) is 0 Å². The molecule has 0 spiro atoms. The maximum atomic E-state index is 5.53. The van der Waals surface area contributed by atoms with E-state index in [1.807, 2.05) is 13.8 Å². The zero-order valence-corrected chi connectivity index (χ0v) is 8.75. The highest BCUT2D eigenvalue weighted by molar-refractivity contribution is 6.45. The summed E-state index contributed by atoms with van der Waals surface area (Å²) in [6, 6.07) is 0. The van der Waals surface area contributed by atoms with Gasteiger partial charge in [0.05, 0.1) is 5.60 Å². The lowest BCUT2D eigenvalue weighted by atomic mass is 10.2. The Labute approximate surface area is 62.8 Å². The van der Waals surface area contributed by atoms with E-state index in [0.29, 0.717) is 10.5 Å². The maximum absolute atomic E-state index is 5.53. The van der Waals surface area contributed by atoms with Crippen molar-refractivity contribution in [1.82, 2.24) is 0 Å². The van der Waals surface area contributed by atoms with Crippen molar-refractivity contribution in [3.05, 3.63) is 0 Å². The van der Waals surface area contributed by atoms with Crippen LogP contribution < -0.4 is 0 Å². The van der Waals surface area contributed by atoms with Crippen LogP contribution in [-0.4, -0.2) is 20.9 Å². The first-order valence-corrected chi connectivity index (χ1v) is 4.03. The standard InChI is InChI=1S/C4H10Cl2OSi/c1-4(2,7-8)3(5)6/h3H,1-2,8H3. The van der Waals surface area contributed by atoms with Gasteiger partial charge in [-0.05, 0) is 13.8 Å². The van der Waals surface area contributed by atoms with Crippen molar-refractivity contribution in [1.29, 1.82) is 0 Å². The van der Waals surface area contributed by atoms with E-state index in [2.05, 4.69) is 0 Å². The van der Waals surface area contributed by atoms with Crippen LogP contribution in [0, 0.1) is 0 Å². The molecule has 0 aromatic rings. The molecule has 0 heterocycles. The predicted molar refractivity (Wildman–Crippen MR) is 40.6 cm³/mol. The Balaban J connectivity index is 3.71. The van der Waals surface area contributed by atoms with Crippen molar-refractivity contribution in [2.24, 2.45) is 0 Å². The molecule has 0 atom stereocenters. The van der Waals surface area contributed by atoms with E-state index in [0.717, 1.165) is 0 Å². The Morgan fingerprint density at radius 3 is 1.88 bits per heavy atom. The van der Waals surface area contributed by atoms with Gasteiger partial charge in [-0.3, -0.25) is 0 Å². The Morgan fingerprint density at radius 2 is 1.88 bits per heavy atom. The maximum Gasteiger partial charge on any atom is 0.146 e. The van der Waals surface area contributed by atoms with Crippen LogP contribution in [0.1, 0.15) is 13.8 Å². The highest BCUT2D eigenvalue weighted by Crippen LogP contribution is 2.21. The fourth-order valence-corrected chi connectivity index (χ4v) is 0.802. The fourth-order valence-electron chi connectivity index (χ4n) is 0.0891. The third kappa shape index (κ3) is 2.35. The van der Waals surface area contributed by atoms with E-state index in [4.69, 9.17) is 27.6 Å². The zero-order chi connectivity index (χ0) is 6.78. The molecule has 0 aliphatic rings. The average molecular weight is 173 g/mol. The van der Waals surface area contributed by atoms with Crippen LogP contribution in [0.2, 0.25) is 0 Å². The number of hydrogen-bond acceptors (Lipinski definition) is 1. The highest BCUT2D eigenvalue weighted by atomic mass is 35.5. The van der Waals surface area contributed by atoms with Crippen molar-refractivity contribution in [2.45, 2.75) is 24.3 Å². The topological polar surface area (TPSA) is 9.23 Å². The first-order chi connectivity index (χ1) is 3.50. The van der Waals surface area contributed by atoms with Crippen LogP contribution in [-0.2, 0) is 4.43 Å². The summed E-state index contributed by atoms with van der Waals surface area (Å²) in [6.45, 7) is 3.73. The molecule has 0 amide bonds. The van der Waals surface area contributed by atoms with Crippen molar-refractivity contribution < 1.29 is 4.43 Å². The molecule has 0 rings (SSSR count). The molecule has 0 aromatic heterocycles. The Kier molecular flexibility index (Phi) is 3.35. The van der Waals surface area contributed by atoms with Gasteiger partial charge < -0.3 is 4.43 Å². The van der Waals surface area contributed by atoms with Gasteiger partial charge in [0.25, 0.3) is 0 Å². The van der Waals surface area contributed by atoms with Crippen LogP contribution in [0.3, 0.4) is 0 Å². The summed E-state index contributed by atoms with van der Waals surface area (Å²) in [4.78, 5) is -0.431. The van der Waals surface area contributed by atoms with E-state index in [1.165, 1.54) is 0 Å². The van der Waals surface area contributed by atoms with Gasteiger partial charge in [0.15, 0.2) is 0 Å². The van der Waals surface area contributed by atoms with E-state index in [9.17, 15) is 0 Å². The van der Waals surface area contributed by atoms with Crippen LogP contribution in [0.25, 0.3) is 0 Å². The Hall–Kier alpha value is 0.757. The monoisotopic (exact) mass is 172 g/mol. The normalized spacial score (nSPS) is 13.1. The molecule has 0 bridgehead atoms. The first kappa shape index (κ1) is 8.76. The minimum absolute atomic E-state index is 0.366. The van der Waals surface area contributed by atoms with E-state index in [1.54, 1.807) is 0 Å². The lowest BCUT2D eigenvalue weighted by Gasteiger charge is -2.24. The van der Waals surface area contributed by atoms with Gasteiger partial charge in [-0.15, -0.1) is 23.2 Å². The summed E-state index contributed by atoms with van der Waals surface area (Å²) in [5.41, 5.74) is -0.366. The molecule has 4 heteroatoms. The number of hydrogen-bond donors (Lipinski definition) is 0. The lowest BCUT2D eigenvalue weighted by Crippen LogP contribution is -2.30. The second kappa shape index (κ2) is 3.06.